The first-order valence-corrected chi connectivity index (χ1v) is 10.6. The lowest BCUT2D eigenvalue weighted by molar-refractivity contribution is 0.0879. The number of hydrogen-bond donors (Lipinski definition) is 4. The lowest BCUT2D eigenvalue weighted by atomic mass is 9.67. The fourth-order valence-electron chi connectivity index (χ4n) is 6.72. The Hall–Kier alpha value is -3.35. The van der Waals surface area contributed by atoms with Crippen LogP contribution in [0, 0.1) is 17.8 Å². The van der Waals surface area contributed by atoms with Gasteiger partial charge in [0.05, 0.1) is 22.7 Å². The van der Waals surface area contributed by atoms with Crippen molar-refractivity contribution < 1.29 is 9.59 Å². The number of rotatable bonds is 1. The molecule has 2 aliphatic heterocycles. The Labute approximate surface area is 172 Å². The van der Waals surface area contributed by atoms with Gasteiger partial charge in [-0.05, 0) is 78.3 Å². The molecular formula is C23H21N5O2. The molecule has 150 valence electrons. The lowest BCUT2D eigenvalue weighted by Gasteiger charge is -2.43. The van der Waals surface area contributed by atoms with Crippen LogP contribution in [0.2, 0.25) is 0 Å². The van der Waals surface area contributed by atoms with Crippen molar-refractivity contribution in [3.05, 3.63) is 52.6 Å². The van der Waals surface area contributed by atoms with Crippen LogP contribution in [0.25, 0.3) is 10.9 Å². The van der Waals surface area contributed by atoms with Crippen LogP contribution in [0.3, 0.4) is 0 Å². The molecule has 2 fully saturated rings. The first kappa shape index (κ1) is 16.4. The van der Waals surface area contributed by atoms with E-state index < -0.39 is 0 Å². The number of fused-ring (bicyclic) bond motifs is 9. The Bertz CT molecular complexity index is 1280. The average molecular weight is 399 g/mol. The smallest absolute Gasteiger partial charge is 0.259 e. The number of nitrogens with two attached hydrogens (primary N) is 1. The molecule has 2 amide bonds. The van der Waals surface area contributed by atoms with Gasteiger partial charge in [-0.3, -0.25) is 20.0 Å². The fraction of sp³-hybridized carbons (Fsp3) is 0.348. The summed E-state index contributed by atoms with van der Waals surface area (Å²) in [6.07, 6.45) is 3.75. The van der Waals surface area contributed by atoms with Gasteiger partial charge in [-0.25, -0.2) is 0 Å². The Morgan fingerprint density at radius 1 is 1.00 bits per heavy atom. The molecule has 3 aromatic rings. The van der Waals surface area contributed by atoms with Crippen LogP contribution in [0.15, 0.2) is 30.3 Å². The predicted octanol–water partition coefficient (Wildman–Crippen LogP) is 3.33. The van der Waals surface area contributed by atoms with E-state index in [2.05, 4.69) is 33.0 Å². The van der Waals surface area contributed by atoms with Crippen molar-refractivity contribution in [3.8, 4) is 0 Å². The molecule has 7 nitrogen and oxygen atoms in total. The molecule has 5 N–H and O–H groups in total. The third-order valence-electron chi connectivity index (χ3n) is 7.92. The molecule has 3 heterocycles. The summed E-state index contributed by atoms with van der Waals surface area (Å²) >= 11 is 0. The number of carbonyl (C=O) groups excluding carboxylic acids is 2. The number of anilines is 2. The third kappa shape index (κ3) is 1.97. The molecule has 1 aromatic heterocycles. The maximum absolute atomic E-state index is 12.3. The van der Waals surface area contributed by atoms with Crippen LogP contribution in [0.4, 0.5) is 11.5 Å². The summed E-state index contributed by atoms with van der Waals surface area (Å²) in [4.78, 5) is 24.5. The van der Waals surface area contributed by atoms with Crippen molar-refractivity contribution in [1.82, 2.24) is 15.5 Å². The van der Waals surface area contributed by atoms with Gasteiger partial charge in [-0.2, -0.15) is 5.10 Å². The monoisotopic (exact) mass is 399 g/mol. The maximum Gasteiger partial charge on any atom is 0.259 e. The Kier molecular flexibility index (Phi) is 2.97. The zero-order valence-electron chi connectivity index (χ0n) is 16.2. The van der Waals surface area contributed by atoms with Crippen molar-refractivity contribution in [2.75, 3.05) is 11.1 Å². The van der Waals surface area contributed by atoms with Crippen molar-refractivity contribution >= 4 is 34.2 Å². The quantitative estimate of drug-likeness (QED) is 0.469. The highest BCUT2D eigenvalue weighted by molar-refractivity contribution is 6.22. The number of imide groups is 1. The van der Waals surface area contributed by atoms with Crippen molar-refractivity contribution in [1.29, 1.82) is 0 Å². The summed E-state index contributed by atoms with van der Waals surface area (Å²) in [5, 5.41) is 14.2. The number of nitrogens with one attached hydrogen (secondary N) is 3. The van der Waals surface area contributed by atoms with Gasteiger partial charge in [-0.15, -0.1) is 0 Å². The summed E-state index contributed by atoms with van der Waals surface area (Å²) in [6, 6.07) is 10.3. The fourth-order valence-corrected chi connectivity index (χ4v) is 6.72. The first-order valence-electron chi connectivity index (χ1n) is 10.6. The van der Waals surface area contributed by atoms with Gasteiger partial charge in [0.25, 0.3) is 11.8 Å². The molecular weight excluding hydrogens is 378 g/mol. The van der Waals surface area contributed by atoms with E-state index >= 15 is 0 Å². The van der Waals surface area contributed by atoms with Crippen molar-refractivity contribution in [3.63, 3.8) is 0 Å². The molecule has 2 bridgehead atoms. The average Bonchev–Trinajstić information content (AvgIpc) is 3.51. The van der Waals surface area contributed by atoms with Crippen LogP contribution in [0.5, 0.6) is 0 Å². The van der Waals surface area contributed by atoms with Gasteiger partial charge < -0.3 is 11.1 Å². The highest BCUT2D eigenvalue weighted by atomic mass is 16.2. The van der Waals surface area contributed by atoms with Gasteiger partial charge in [0.1, 0.15) is 0 Å². The molecule has 0 radical (unpaired) electrons. The summed E-state index contributed by atoms with van der Waals surface area (Å²) in [7, 11) is 0. The van der Waals surface area contributed by atoms with E-state index in [1.807, 2.05) is 18.2 Å². The Balaban J connectivity index is 1.41. The van der Waals surface area contributed by atoms with E-state index in [9.17, 15) is 9.59 Å². The van der Waals surface area contributed by atoms with Gasteiger partial charge >= 0.3 is 0 Å². The van der Waals surface area contributed by atoms with Gasteiger partial charge in [0, 0.05) is 11.1 Å². The number of aromatic amines is 1. The highest BCUT2D eigenvalue weighted by Crippen LogP contribution is 2.64. The molecule has 7 heteroatoms. The molecule has 0 saturated heterocycles. The maximum atomic E-state index is 12.3. The minimum Gasteiger partial charge on any atom is -0.382 e. The number of hydrogen-bond acceptors (Lipinski definition) is 5. The van der Waals surface area contributed by atoms with Crippen molar-refractivity contribution in [2.45, 2.75) is 31.2 Å². The standard InChI is InChI=1S/C23H21N5O2/c24-21-15-6-11(3-4-16(15)27-28-21)20-19-10-2-1-9(5-10)18(19)14-7-12-13(8-17(14)25-20)23(30)26-22(12)29/h3-4,6-10,18-20,25H,1-2,5H2,(H3,24,27,28)(H,26,29,30)/t9-,10-,18-,19-,20+/m1/s1. The van der Waals surface area contributed by atoms with Crippen molar-refractivity contribution in [2.24, 2.45) is 17.8 Å². The largest absolute Gasteiger partial charge is 0.382 e. The molecule has 2 aliphatic carbocycles. The minimum absolute atomic E-state index is 0.148. The molecule has 2 saturated carbocycles. The summed E-state index contributed by atoms with van der Waals surface area (Å²) < 4.78 is 0. The third-order valence-corrected chi connectivity index (χ3v) is 7.92. The number of nitrogens with zero attached hydrogens (tertiary/aromatic N) is 1. The van der Waals surface area contributed by atoms with Gasteiger partial charge in [0.2, 0.25) is 0 Å². The van der Waals surface area contributed by atoms with Crippen LogP contribution in [-0.2, 0) is 0 Å². The summed E-state index contributed by atoms with van der Waals surface area (Å²) in [5.74, 6) is 2.13. The normalized spacial score (nSPS) is 30.7. The SMILES string of the molecule is Nc1n[nH]c2ccc([C@@H]3Nc4cc5c(cc4[C@H]4[C@@H]6CC[C@H](C6)[C@H]43)C(=O)NC5=O)cc12. The van der Waals surface area contributed by atoms with E-state index in [0.717, 1.165) is 16.6 Å². The lowest BCUT2D eigenvalue weighted by Crippen LogP contribution is -2.35. The number of benzene rings is 2. The van der Waals surface area contributed by atoms with E-state index in [-0.39, 0.29) is 17.9 Å². The Morgan fingerprint density at radius 2 is 1.80 bits per heavy atom. The van der Waals surface area contributed by atoms with E-state index in [4.69, 9.17) is 5.73 Å². The molecule has 0 spiro atoms. The Morgan fingerprint density at radius 3 is 2.67 bits per heavy atom. The molecule has 7 rings (SSSR count). The zero-order valence-corrected chi connectivity index (χ0v) is 16.2. The predicted molar refractivity (Wildman–Crippen MR) is 112 cm³/mol. The van der Waals surface area contributed by atoms with Crippen LogP contribution in [0.1, 0.15) is 63.1 Å². The highest BCUT2D eigenvalue weighted by Gasteiger charge is 2.54. The number of nitrogen functional groups attached to an aromatic ring is 1. The molecule has 0 unspecified atom stereocenters. The molecule has 2 aromatic carbocycles. The second-order valence-electron chi connectivity index (χ2n) is 9.24. The summed E-state index contributed by atoms with van der Waals surface area (Å²) in [6.45, 7) is 0. The molecule has 4 aliphatic rings. The molecule has 30 heavy (non-hydrogen) atoms. The number of H-pyrrole nitrogens is 1. The van der Waals surface area contributed by atoms with Crippen LogP contribution < -0.4 is 16.4 Å². The van der Waals surface area contributed by atoms with Gasteiger partial charge in [-0.1, -0.05) is 6.07 Å². The number of aromatic nitrogens is 2. The number of amides is 2. The topological polar surface area (TPSA) is 113 Å². The van der Waals surface area contributed by atoms with Crippen LogP contribution >= 0.6 is 0 Å². The van der Waals surface area contributed by atoms with Gasteiger partial charge in [0.15, 0.2) is 5.82 Å². The van der Waals surface area contributed by atoms with E-state index in [1.54, 1.807) is 0 Å². The van der Waals surface area contributed by atoms with E-state index in [1.165, 1.54) is 30.4 Å². The zero-order chi connectivity index (χ0) is 20.1. The van der Waals surface area contributed by atoms with E-state index in [0.29, 0.717) is 40.6 Å². The molecule has 5 atom stereocenters. The number of carbonyl (C=O) groups is 2. The summed E-state index contributed by atoms with van der Waals surface area (Å²) in [5.41, 5.74) is 11.4. The van der Waals surface area contributed by atoms with Crippen LogP contribution in [-0.4, -0.2) is 22.0 Å². The first-order chi connectivity index (χ1) is 14.6. The second-order valence-corrected chi connectivity index (χ2v) is 9.24. The second kappa shape index (κ2) is 5.41. The minimum atomic E-state index is -0.307.